The summed E-state index contributed by atoms with van der Waals surface area (Å²) in [5, 5.41) is 9.07. The standard InChI is InChI=1S/C23H28FN3O2/c1-16(18-10-12-25-13-11-18)14-22(28)27-21-8-4-19(5-9-21)23(29)26-15-17-2-6-20(24)7-3-17/h2-9,16,18,25H,10-15H2,1H3,(H,26,29)(H,27,28). The molecule has 0 saturated carbocycles. The molecule has 0 aromatic heterocycles. The highest BCUT2D eigenvalue weighted by molar-refractivity contribution is 5.95. The van der Waals surface area contributed by atoms with Gasteiger partial charge in [-0.15, -0.1) is 0 Å². The lowest BCUT2D eigenvalue weighted by Gasteiger charge is -2.27. The van der Waals surface area contributed by atoms with E-state index < -0.39 is 0 Å². The van der Waals surface area contributed by atoms with E-state index in [4.69, 9.17) is 0 Å². The molecule has 3 rings (SSSR count). The molecule has 6 heteroatoms. The number of hydrogen-bond donors (Lipinski definition) is 3. The molecule has 5 nitrogen and oxygen atoms in total. The number of hydrogen-bond acceptors (Lipinski definition) is 3. The van der Waals surface area contributed by atoms with Crippen molar-refractivity contribution in [2.45, 2.75) is 32.7 Å². The molecule has 1 atom stereocenters. The zero-order valence-corrected chi connectivity index (χ0v) is 16.7. The van der Waals surface area contributed by atoms with E-state index in [0.29, 0.717) is 36.1 Å². The van der Waals surface area contributed by atoms with Crippen LogP contribution in [0.3, 0.4) is 0 Å². The number of halogens is 1. The summed E-state index contributed by atoms with van der Waals surface area (Å²) in [6.45, 7) is 4.53. The molecule has 154 valence electrons. The molecule has 1 aliphatic heterocycles. The first-order valence-electron chi connectivity index (χ1n) is 10.1. The predicted molar refractivity (Wildman–Crippen MR) is 112 cm³/mol. The van der Waals surface area contributed by atoms with E-state index in [9.17, 15) is 14.0 Å². The second-order valence-corrected chi connectivity index (χ2v) is 7.70. The highest BCUT2D eigenvalue weighted by Gasteiger charge is 2.22. The second kappa shape index (κ2) is 10.2. The van der Waals surface area contributed by atoms with Gasteiger partial charge in [-0.2, -0.15) is 0 Å². The lowest BCUT2D eigenvalue weighted by atomic mass is 9.84. The Morgan fingerprint density at radius 2 is 1.72 bits per heavy atom. The number of anilines is 1. The first kappa shape index (κ1) is 21.0. The summed E-state index contributed by atoms with van der Waals surface area (Å²) in [6.07, 6.45) is 2.75. The topological polar surface area (TPSA) is 70.2 Å². The Hall–Kier alpha value is -2.73. The largest absolute Gasteiger partial charge is 0.348 e. The summed E-state index contributed by atoms with van der Waals surface area (Å²) in [7, 11) is 0. The Labute approximate surface area is 171 Å². The number of piperidine rings is 1. The maximum atomic E-state index is 12.9. The molecule has 1 aliphatic rings. The minimum absolute atomic E-state index is 0.00421. The van der Waals surface area contributed by atoms with E-state index in [-0.39, 0.29) is 17.6 Å². The third kappa shape index (κ3) is 6.39. The van der Waals surface area contributed by atoms with Crippen LogP contribution in [0.4, 0.5) is 10.1 Å². The van der Waals surface area contributed by atoms with Gasteiger partial charge in [0.1, 0.15) is 5.82 Å². The average molecular weight is 397 g/mol. The number of carbonyl (C=O) groups excluding carboxylic acids is 2. The van der Waals surface area contributed by atoms with Gasteiger partial charge in [-0.3, -0.25) is 9.59 Å². The van der Waals surface area contributed by atoms with E-state index in [0.717, 1.165) is 31.5 Å². The van der Waals surface area contributed by atoms with E-state index >= 15 is 0 Å². The van der Waals surface area contributed by atoms with Crippen molar-refractivity contribution in [1.82, 2.24) is 10.6 Å². The minimum atomic E-state index is -0.303. The van der Waals surface area contributed by atoms with Crippen molar-refractivity contribution in [3.63, 3.8) is 0 Å². The SMILES string of the molecule is CC(CC(=O)Nc1ccc(C(=O)NCc2ccc(F)cc2)cc1)C1CCNCC1. The molecule has 1 heterocycles. The van der Waals surface area contributed by atoms with Gasteiger partial charge in [0.2, 0.25) is 5.91 Å². The molecule has 0 radical (unpaired) electrons. The third-order valence-corrected chi connectivity index (χ3v) is 5.49. The van der Waals surface area contributed by atoms with Gasteiger partial charge in [0.25, 0.3) is 5.91 Å². The molecule has 0 aliphatic carbocycles. The summed E-state index contributed by atoms with van der Waals surface area (Å²) in [6, 6.07) is 12.9. The molecule has 29 heavy (non-hydrogen) atoms. The van der Waals surface area contributed by atoms with Crippen LogP contribution >= 0.6 is 0 Å². The zero-order valence-electron chi connectivity index (χ0n) is 16.7. The lowest BCUT2D eigenvalue weighted by molar-refractivity contribution is -0.117. The fourth-order valence-corrected chi connectivity index (χ4v) is 3.68. The van der Waals surface area contributed by atoms with Gasteiger partial charge in [0.15, 0.2) is 0 Å². The van der Waals surface area contributed by atoms with Crippen LogP contribution in [0.15, 0.2) is 48.5 Å². The van der Waals surface area contributed by atoms with E-state index in [1.807, 2.05) is 0 Å². The van der Waals surface area contributed by atoms with Crippen LogP contribution in [0, 0.1) is 17.7 Å². The number of carbonyl (C=O) groups is 2. The average Bonchev–Trinajstić information content (AvgIpc) is 2.74. The van der Waals surface area contributed by atoms with Gasteiger partial charge in [-0.1, -0.05) is 19.1 Å². The smallest absolute Gasteiger partial charge is 0.251 e. The lowest BCUT2D eigenvalue weighted by Crippen LogP contribution is -2.32. The fraction of sp³-hybridized carbons (Fsp3) is 0.391. The normalized spacial score (nSPS) is 15.5. The highest BCUT2D eigenvalue weighted by atomic mass is 19.1. The Morgan fingerprint density at radius 3 is 2.38 bits per heavy atom. The number of amides is 2. The fourth-order valence-electron chi connectivity index (χ4n) is 3.68. The Kier molecular flexibility index (Phi) is 7.36. The summed E-state index contributed by atoms with van der Waals surface area (Å²) >= 11 is 0. The third-order valence-electron chi connectivity index (χ3n) is 5.49. The Balaban J connectivity index is 1.46. The molecular formula is C23H28FN3O2. The van der Waals surface area contributed by atoms with Crippen LogP contribution in [-0.4, -0.2) is 24.9 Å². The molecule has 1 saturated heterocycles. The van der Waals surface area contributed by atoms with Crippen LogP contribution in [-0.2, 0) is 11.3 Å². The zero-order chi connectivity index (χ0) is 20.6. The summed E-state index contributed by atoms with van der Waals surface area (Å²) in [5.74, 6) is 0.432. The molecule has 2 aromatic rings. The van der Waals surface area contributed by atoms with Crippen LogP contribution in [0.25, 0.3) is 0 Å². The van der Waals surface area contributed by atoms with Crippen LogP contribution in [0.5, 0.6) is 0 Å². The van der Waals surface area contributed by atoms with Gasteiger partial charge in [-0.05, 0) is 79.7 Å². The molecule has 1 unspecified atom stereocenters. The molecule has 2 amide bonds. The first-order chi connectivity index (χ1) is 14.0. The van der Waals surface area contributed by atoms with Crippen molar-refractivity contribution >= 4 is 17.5 Å². The van der Waals surface area contributed by atoms with Crippen molar-refractivity contribution in [2.75, 3.05) is 18.4 Å². The highest BCUT2D eigenvalue weighted by Crippen LogP contribution is 2.24. The molecule has 0 bridgehead atoms. The quantitative estimate of drug-likeness (QED) is 0.667. The van der Waals surface area contributed by atoms with Gasteiger partial charge in [0.05, 0.1) is 0 Å². The molecule has 3 N–H and O–H groups in total. The summed E-state index contributed by atoms with van der Waals surface area (Å²) in [4.78, 5) is 24.6. The number of nitrogens with one attached hydrogen (secondary N) is 3. The molecule has 2 aromatic carbocycles. The van der Waals surface area contributed by atoms with Crippen LogP contribution in [0.1, 0.15) is 42.1 Å². The summed E-state index contributed by atoms with van der Waals surface area (Å²) < 4.78 is 12.9. The number of rotatable bonds is 7. The van der Waals surface area contributed by atoms with Gasteiger partial charge >= 0.3 is 0 Å². The Bertz CT molecular complexity index is 815. The molecular weight excluding hydrogens is 369 g/mol. The van der Waals surface area contributed by atoms with Crippen molar-refractivity contribution < 1.29 is 14.0 Å². The van der Waals surface area contributed by atoms with E-state index in [1.54, 1.807) is 36.4 Å². The van der Waals surface area contributed by atoms with E-state index in [1.165, 1.54) is 12.1 Å². The number of benzene rings is 2. The minimum Gasteiger partial charge on any atom is -0.348 e. The maximum Gasteiger partial charge on any atom is 0.251 e. The van der Waals surface area contributed by atoms with Crippen molar-refractivity contribution in [3.05, 3.63) is 65.5 Å². The van der Waals surface area contributed by atoms with E-state index in [2.05, 4.69) is 22.9 Å². The predicted octanol–water partition coefficient (Wildman–Crippen LogP) is 3.72. The second-order valence-electron chi connectivity index (χ2n) is 7.70. The molecule has 1 fully saturated rings. The van der Waals surface area contributed by atoms with Crippen molar-refractivity contribution in [3.8, 4) is 0 Å². The van der Waals surface area contributed by atoms with Crippen molar-refractivity contribution in [2.24, 2.45) is 11.8 Å². The maximum absolute atomic E-state index is 12.9. The Morgan fingerprint density at radius 1 is 1.07 bits per heavy atom. The first-order valence-corrected chi connectivity index (χ1v) is 10.1. The van der Waals surface area contributed by atoms with Crippen molar-refractivity contribution in [1.29, 1.82) is 0 Å². The van der Waals surface area contributed by atoms with Crippen LogP contribution in [0.2, 0.25) is 0 Å². The van der Waals surface area contributed by atoms with Gasteiger partial charge < -0.3 is 16.0 Å². The molecule has 0 spiro atoms. The van der Waals surface area contributed by atoms with Crippen LogP contribution < -0.4 is 16.0 Å². The monoisotopic (exact) mass is 397 g/mol. The van der Waals surface area contributed by atoms with Gasteiger partial charge in [-0.25, -0.2) is 4.39 Å². The summed E-state index contributed by atoms with van der Waals surface area (Å²) in [5.41, 5.74) is 2.02. The van der Waals surface area contributed by atoms with Gasteiger partial charge in [0, 0.05) is 24.2 Å².